The van der Waals surface area contributed by atoms with E-state index in [0.717, 1.165) is 5.56 Å². The van der Waals surface area contributed by atoms with E-state index in [2.05, 4.69) is 10.3 Å². The van der Waals surface area contributed by atoms with E-state index < -0.39 is 17.6 Å². The molecule has 6 heteroatoms. The molecule has 1 aromatic heterocycles. The van der Waals surface area contributed by atoms with Gasteiger partial charge in [-0.15, -0.1) is 0 Å². The Hall–Kier alpha value is -2.34. The molecule has 2 rings (SSSR count). The van der Waals surface area contributed by atoms with E-state index in [9.17, 15) is 14.7 Å². The molecule has 1 heterocycles. The van der Waals surface area contributed by atoms with Crippen molar-refractivity contribution in [2.24, 2.45) is 0 Å². The number of pyridine rings is 1. The second-order valence-corrected chi connectivity index (χ2v) is 5.15. The number of carbonyl (C=O) groups is 1. The molecule has 2 aromatic rings. The Kier molecular flexibility index (Phi) is 4.82. The van der Waals surface area contributed by atoms with Crippen molar-refractivity contribution in [1.29, 1.82) is 0 Å². The minimum atomic E-state index is -0.680. The lowest BCUT2D eigenvalue weighted by Gasteiger charge is -2.15. The number of esters is 1. The first-order valence-electron chi connectivity index (χ1n) is 7.20. The molecule has 1 atom stereocenters. The average Bonchev–Trinajstić information content (AvgIpc) is 2.45. The number of hydrogen-bond acceptors (Lipinski definition) is 5. The topological polar surface area (TPSA) is 91.4 Å². The highest BCUT2D eigenvalue weighted by Crippen LogP contribution is 2.26. The third-order valence-electron chi connectivity index (χ3n) is 3.31. The highest BCUT2D eigenvalue weighted by molar-refractivity contribution is 6.05. The Morgan fingerprint density at radius 2 is 2.18 bits per heavy atom. The second kappa shape index (κ2) is 6.62. The van der Waals surface area contributed by atoms with Gasteiger partial charge in [0.1, 0.15) is 5.56 Å². The summed E-state index contributed by atoms with van der Waals surface area (Å²) < 4.78 is 4.97. The molecule has 3 N–H and O–H groups in total. The predicted molar refractivity (Wildman–Crippen MR) is 85.4 cm³/mol. The summed E-state index contributed by atoms with van der Waals surface area (Å²) in [4.78, 5) is 27.2. The number of fused-ring (bicyclic) bond motifs is 1. The maximum atomic E-state index is 12.3. The first-order valence-corrected chi connectivity index (χ1v) is 7.20. The molecule has 0 saturated heterocycles. The lowest BCUT2D eigenvalue weighted by atomic mass is 10.1. The monoisotopic (exact) mass is 304 g/mol. The van der Waals surface area contributed by atoms with Gasteiger partial charge in [0.2, 0.25) is 0 Å². The zero-order valence-electron chi connectivity index (χ0n) is 12.9. The molecule has 0 aliphatic rings. The van der Waals surface area contributed by atoms with Gasteiger partial charge >= 0.3 is 5.97 Å². The van der Waals surface area contributed by atoms with Crippen LogP contribution in [-0.4, -0.2) is 35.3 Å². The Morgan fingerprint density at radius 1 is 1.45 bits per heavy atom. The Balaban J connectivity index is 2.70. The highest BCUT2D eigenvalue weighted by atomic mass is 16.5. The number of ether oxygens (including phenoxy) is 1. The van der Waals surface area contributed by atoms with Gasteiger partial charge in [0, 0.05) is 11.9 Å². The lowest BCUT2D eigenvalue weighted by molar-refractivity contribution is 0.0525. The van der Waals surface area contributed by atoms with Crippen LogP contribution in [0.2, 0.25) is 0 Å². The Morgan fingerprint density at radius 3 is 2.82 bits per heavy atom. The van der Waals surface area contributed by atoms with Crippen LogP contribution in [0.3, 0.4) is 0 Å². The number of para-hydroxylation sites is 1. The molecular formula is C16H20N2O4. The number of nitrogens with one attached hydrogen (secondary N) is 2. The third-order valence-corrected chi connectivity index (χ3v) is 3.31. The second-order valence-electron chi connectivity index (χ2n) is 5.15. The summed E-state index contributed by atoms with van der Waals surface area (Å²) in [6.45, 7) is 5.58. The van der Waals surface area contributed by atoms with Crippen LogP contribution in [0.5, 0.6) is 0 Å². The van der Waals surface area contributed by atoms with Crippen LogP contribution in [0.1, 0.15) is 29.8 Å². The van der Waals surface area contributed by atoms with E-state index in [1.165, 1.54) is 0 Å². The smallest absolute Gasteiger partial charge is 0.345 e. The number of benzene rings is 1. The summed E-state index contributed by atoms with van der Waals surface area (Å²) in [5.74, 6) is -0.680. The van der Waals surface area contributed by atoms with Crippen LogP contribution in [-0.2, 0) is 4.74 Å². The molecule has 0 fully saturated rings. The Labute approximate surface area is 128 Å². The van der Waals surface area contributed by atoms with Crippen LogP contribution in [0, 0.1) is 6.92 Å². The van der Waals surface area contributed by atoms with Gasteiger partial charge in [0.05, 0.1) is 23.9 Å². The van der Waals surface area contributed by atoms with Gasteiger partial charge in [-0.05, 0) is 26.3 Å². The van der Waals surface area contributed by atoms with Crippen molar-refractivity contribution in [2.75, 3.05) is 18.5 Å². The molecule has 0 unspecified atom stereocenters. The summed E-state index contributed by atoms with van der Waals surface area (Å²) in [5.41, 5.74) is 1.37. The van der Waals surface area contributed by atoms with Crippen molar-refractivity contribution in [2.45, 2.75) is 26.9 Å². The molecule has 0 bridgehead atoms. The number of H-pyrrole nitrogens is 1. The number of hydrogen-bond donors (Lipinski definition) is 3. The van der Waals surface area contributed by atoms with Crippen molar-refractivity contribution in [3.63, 3.8) is 0 Å². The standard InChI is InChI=1S/C16H20N2O4/c1-4-22-16(21)12-14(17-8-10(3)19)11-7-5-6-9(2)13(11)18-15(12)20/h5-7,10,19H,4,8H2,1-3H3,(H2,17,18,20)/t10-/m0/s1. The number of aliphatic hydroxyl groups excluding tert-OH is 1. The van der Waals surface area contributed by atoms with Crippen molar-refractivity contribution >= 4 is 22.6 Å². The van der Waals surface area contributed by atoms with Crippen LogP contribution >= 0.6 is 0 Å². The zero-order valence-corrected chi connectivity index (χ0v) is 12.9. The minimum Gasteiger partial charge on any atom is -0.462 e. The van der Waals surface area contributed by atoms with Crippen molar-refractivity contribution < 1.29 is 14.6 Å². The number of aromatic amines is 1. The first kappa shape index (κ1) is 16.0. The van der Waals surface area contributed by atoms with Crippen LogP contribution in [0.4, 0.5) is 5.69 Å². The molecular weight excluding hydrogens is 284 g/mol. The van der Waals surface area contributed by atoms with Gasteiger partial charge in [0.15, 0.2) is 0 Å². The SMILES string of the molecule is CCOC(=O)c1c(NC[C@H](C)O)c2cccc(C)c2[nH]c1=O. The fourth-order valence-electron chi connectivity index (χ4n) is 2.30. The van der Waals surface area contributed by atoms with E-state index in [4.69, 9.17) is 4.74 Å². The molecule has 0 aliphatic heterocycles. The quantitative estimate of drug-likeness (QED) is 0.733. The summed E-state index contributed by atoms with van der Waals surface area (Å²) in [6.07, 6.45) is -0.616. The maximum Gasteiger partial charge on any atom is 0.345 e. The first-order chi connectivity index (χ1) is 10.5. The number of carbonyl (C=O) groups excluding carboxylic acids is 1. The lowest BCUT2D eigenvalue weighted by Crippen LogP contribution is -2.25. The Bertz CT molecular complexity index is 750. The number of aromatic nitrogens is 1. The van der Waals surface area contributed by atoms with Crippen molar-refractivity contribution in [3.8, 4) is 0 Å². The fraction of sp³-hybridized carbons (Fsp3) is 0.375. The van der Waals surface area contributed by atoms with Crippen molar-refractivity contribution in [3.05, 3.63) is 39.7 Å². The largest absolute Gasteiger partial charge is 0.462 e. The average molecular weight is 304 g/mol. The molecule has 0 amide bonds. The molecule has 0 aliphatic carbocycles. The molecule has 0 saturated carbocycles. The molecule has 118 valence electrons. The van der Waals surface area contributed by atoms with Gasteiger partial charge < -0.3 is 20.1 Å². The minimum absolute atomic E-state index is 0.0689. The highest BCUT2D eigenvalue weighted by Gasteiger charge is 2.21. The third kappa shape index (κ3) is 3.12. The van der Waals surface area contributed by atoms with E-state index in [1.54, 1.807) is 13.8 Å². The van der Waals surface area contributed by atoms with Crippen molar-refractivity contribution in [1.82, 2.24) is 4.98 Å². The molecule has 1 aromatic carbocycles. The maximum absolute atomic E-state index is 12.3. The van der Waals surface area contributed by atoms with Gasteiger partial charge in [-0.2, -0.15) is 0 Å². The zero-order chi connectivity index (χ0) is 16.3. The number of aryl methyl sites for hydroxylation is 1. The van der Waals surface area contributed by atoms with Gasteiger partial charge in [-0.1, -0.05) is 18.2 Å². The number of aliphatic hydroxyl groups is 1. The molecule has 22 heavy (non-hydrogen) atoms. The van der Waals surface area contributed by atoms with Gasteiger partial charge in [0.25, 0.3) is 5.56 Å². The van der Waals surface area contributed by atoms with E-state index in [1.807, 2.05) is 25.1 Å². The van der Waals surface area contributed by atoms with Gasteiger partial charge in [-0.25, -0.2) is 4.79 Å². The normalized spacial score (nSPS) is 12.2. The van der Waals surface area contributed by atoms with E-state index >= 15 is 0 Å². The summed E-state index contributed by atoms with van der Waals surface area (Å²) in [6, 6.07) is 5.53. The van der Waals surface area contributed by atoms with Crippen LogP contribution in [0.15, 0.2) is 23.0 Å². The molecule has 6 nitrogen and oxygen atoms in total. The summed E-state index contributed by atoms with van der Waals surface area (Å²) >= 11 is 0. The number of anilines is 1. The molecule has 0 spiro atoms. The predicted octanol–water partition coefficient (Wildman–Crippen LogP) is 1.81. The summed E-state index contributed by atoms with van der Waals surface area (Å²) in [7, 11) is 0. The molecule has 0 radical (unpaired) electrons. The van der Waals surface area contributed by atoms with Crippen LogP contribution in [0.25, 0.3) is 10.9 Å². The number of rotatable bonds is 5. The van der Waals surface area contributed by atoms with Crippen LogP contribution < -0.4 is 10.9 Å². The fourth-order valence-corrected chi connectivity index (χ4v) is 2.30. The summed E-state index contributed by atoms with van der Waals surface area (Å²) in [5, 5.41) is 13.2. The van der Waals surface area contributed by atoms with E-state index in [-0.39, 0.29) is 18.7 Å². The van der Waals surface area contributed by atoms with Gasteiger partial charge in [-0.3, -0.25) is 4.79 Å². The van der Waals surface area contributed by atoms with E-state index in [0.29, 0.717) is 16.6 Å².